The van der Waals surface area contributed by atoms with Crippen LogP contribution in [0.15, 0.2) is 18.2 Å². The maximum Gasteiger partial charge on any atom is 0.419 e. The normalized spacial score (nSPS) is 19.0. The molecule has 0 nitrogen and oxygen atoms in total. The van der Waals surface area contributed by atoms with E-state index in [-0.39, 0.29) is 5.41 Å². The van der Waals surface area contributed by atoms with Crippen LogP contribution in [0.4, 0.5) is 17.6 Å². The van der Waals surface area contributed by atoms with Crippen molar-refractivity contribution in [1.29, 1.82) is 0 Å². The SMILES string of the molecule is CC1(c2ccc(C(F)(F)F)c(F)c2)CC1. The molecule has 0 bridgehead atoms. The van der Waals surface area contributed by atoms with Crippen LogP contribution < -0.4 is 0 Å². The van der Waals surface area contributed by atoms with Crippen LogP contribution in [0.25, 0.3) is 0 Å². The minimum Gasteiger partial charge on any atom is -0.206 e. The second-order valence-corrected chi connectivity index (χ2v) is 4.25. The van der Waals surface area contributed by atoms with E-state index in [1.807, 2.05) is 6.92 Å². The molecule has 4 heteroatoms. The number of benzene rings is 1. The third-order valence-electron chi connectivity index (χ3n) is 2.97. The van der Waals surface area contributed by atoms with Gasteiger partial charge in [0.1, 0.15) is 5.82 Å². The zero-order chi connectivity index (χ0) is 11.3. The van der Waals surface area contributed by atoms with Crippen molar-refractivity contribution in [3.05, 3.63) is 35.1 Å². The van der Waals surface area contributed by atoms with Crippen LogP contribution in [0.1, 0.15) is 30.9 Å². The summed E-state index contributed by atoms with van der Waals surface area (Å²) in [6.07, 6.45) is -2.78. The maximum absolute atomic E-state index is 13.2. The van der Waals surface area contributed by atoms with Gasteiger partial charge >= 0.3 is 6.18 Å². The molecule has 1 aliphatic rings. The number of hydrogen-bond acceptors (Lipinski definition) is 0. The zero-order valence-corrected chi connectivity index (χ0v) is 8.16. The molecule has 1 aromatic carbocycles. The minimum absolute atomic E-state index is 0.106. The molecule has 0 radical (unpaired) electrons. The van der Waals surface area contributed by atoms with E-state index in [2.05, 4.69) is 0 Å². The molecular formula is C11H10F4. The molecule has 0 aliphatic heterocycles. The van der Waals surface area contributed by atoms with Crippen molar-refractivity contribution in [3.63, 3.8) is 0 Å². The lowest BCUT2D eigenvalue weighted by atomic mass is 9.97. The lowest BCUT2D eigenvalue weighted by molar-refractivity contribution is -0.140. The van der Waals surface area contributed by atoms with Crippen LogP contribution in [-0.4, -0.2) is 0 Å². The van der Waals surface area contributed by atoms with E-state index < -0.39 is 17.6 Å². The summed E-state index contributed by atoms with van der Waals surface area (Å²) < 4.78 is 49.9. The van der Waals surface area contributed by atoms with E-state index >= 15 is 0 Å². The molecule has 1 saturated carbocycles. The van der Waals surface area contributed by atoms with Crippen LogP contribution >= 0.6 is 0 Å². The Labute approximate surface area is 84.9 Å². The third-order valence-corrected chi connectivity index (χ3v) is 2.97. The smallest absolute Gasteiger partial charge is 0.206 e. The van der Waals surface area contributed by atoms with Gasteiger partial charge in [-0.3, -0.25) is 0 Å². The van der Waals surface area contributed by atoms with Gasteiger partial charge in [0.25, 0.3) is 0 Å². The Kier molecular flexibility index (Phi) is 2.07. The van der Waals surface area contributed by atoms with Crippen molar-refractivity contribution in [1.82, 2.24) is 0 Å². The second kappa shape index (κ2) is 2.97. The summed E-state index contributed by atoms with van der Waals surface area (Å²) in [5.41, 5.74) is -0.631. The first-order chi connectivity index (χ1) is 6.83. The van der Waals surface area contributed by atoms with Crippen LogP contribution in [0, 0.1) is 5.82 Å². The van der Waals surface area contributed by atoms with Crippen LogP contribution in [0.5, 0.6) is 0 Å². The summed E-state index contributed by atoms with van der Waals surface area (Å²) >= 11 is 0. The van der Waals surface area contributed by atoms with Crippen molar-refractivity contribution in [3.8, 4) is 0 Å². The Hall–Kier alpha value is -1.06. The molecule has 15 heavy (non-hydrogen) atoms. The van der Waals surface area contributed by atoms with Crippen molar-refractivity contribution >= 4 is 0 Å². The highest BCUT2D eigenvalue weighted by Gasteiger charge is 2.41. The maximum atomic E-state index is 13.2. The predicted molar refractivity (Wildman–Crippen MR) is 48.0 cm³/mol. The van der Waals surface area contributed by atoms with Crippen molar-refractivity contribution in [2.24, 2.45) is 0 Å². The average molecular weight is 218 g/mol. The Balaban J connectivity index is 2.39. The fourth-order valence-electron chi connectivity index (χ4n) is 1.60. The number of halogens is 4. The molecule has 0 N–H and O–H groups in total. The van der Waals surface area contributed by atoms with E-state index in [0.717, 1.165) is 25.0 Å². The summed E-state index contributed by atoms with van der Waals surface area (Å²) in [7, 11) is 0. The van der Waals surface area contributed by atoms with Gasteiger partial charge in [-0.1, -0.05) is 13.0 Å². The standard InChI is InChI=1S/C11H10F4/c1-10(4-5-10)7-2-3-8(9(12)6-7)11(13,14)15/h2-3,6H,4-5H2,1H3. The van der Waals surface area contributed by atoms with Crippen LogP contribution in [0.3, 0.4) is 0 Å². The number of alkyl halides is 3. The van der Waals surface area contributed by atoms with Crippen molar-refractivity contribution in [2.75, 3.05) is 0 Å². The molecule has 0 spiro atoms. The molecule has 1 fully saturated rings. The molecule has 0 saturated heterocycles. The molecule has 0 aromatic heterocycles. The first-order valence-electron chi connectivity index (χ1n) is 4.70. The first-order valence-corrected chi connectivity index (χ1v) is 4.70. The van der Waals surface area contributed by atoms with Gasteiger partial charge in [-0.2, -0.15) is 13.2 Å². The molecule has 82 valence electrons. The monoisotopic (exact) mass is 218 g/mol. The fraction of sp³-hybridized carbons (Fsp3) is 0.455. The lowest BCUT2D eigenvalue weighted by Gasteiger charge is -2.12. The van der Waals surface area contributed by atoms with Crippen molar-refractivity contribution in [2.45, 2.75) is 31.4 Å². The summed E-state index contributed by atoms with van der Waals surface area (Å²) in [5.74, 6) is -1.17. The Morgan fingerprint density at radius 2 is 1.80 bits per heavy atom. The van der Waals surface area contributed by atoms with E-state index in [4.69, 9.17) is 0 Å². The second-order valence-electron chi connectivity index (χ2n) is 4.25. The molecule has 0 atom stereocenters. The minimum atomic E-state index is -4.60. The Morgan fingerprint density at radius 3 is 2.20 bits per heavy atom. The number of hydrogen-bond donors (Lipinski definition) is 0. The topological polar surface area (TPSA) is 0 Å². The number of rotatable bonds is 1. The largest absolute Gasteiger partial charge is 0.419 e. The molecular weight excluding hydrogens is 208 g/mol. The highest BCUT2D eigenvalue weighted by Crippen LogP contribution is 2.48. The van der Waals surface area contributed by atoms with Gasteiger partial charge in [-0.15, -0.1) is 0 Å². The van der Waals surface area contributed by atoms with Crippen LogP contribution in [-0.2, 0) is 11.6 Å². The van der Waals surface area contributed by atoms with Crippen molar-refractivity contribution < 1.29 is 17.6 Å². The highest BCUT2D eigenvalue weighted by molar-refractivity contribution is 5.34. The van der Waals surface area contributed by atoms with Gasteiger partial charge in [0, 0.05) is 0 Å². The van der Waals surface area contributed by atoms with Gasteiger partial charge in [-0.05, 0) is 36.0 Å². The van der Waals surface area contributed by atoms with E-state index in [1.54, 1.807) is 0 Å². The highest BCUT2D eigenvalue weighted by atomic mass is 19.4. The Morgan fingerprint density at radius 1 is 1.20 bits per heavy atom. The van der Waals surface area contributed by atoms with E-state index in [9.17, 15) is 17.6 Å². The summed E-state index contributed by atoms with van der Waals surface area (Å²) in [4.78, 5) is 0. The first kappa shape index (κ1) is 10.5. The predicted octanol–water partition coefficient (Wildman–Crippen LogP) is 3.90. The lowest BCUT2D eigenvalue weighted by Crippen LogP contribution is -2.10. The Bertz CT molecular complexity index is 388. The quantitative estimate of drug-likeness (QED) is 0.627. The van der Waals surface area contributed by atoms with Gasteiger partial charge in [-0.25, -0.2) is 4.39 Å². The van der Waals surface area contributed by atoms with Gasteiger partial charge in [0.15, 0.2) is 0 Å². The van der Waals surface area contributed by atoms with Crippen LogP contribution in [0.2, 0.25) is 0 Å². The third kappa shape index (κ3) is 1.85. The molecule has 2 rings (SSSR count). The van der Waals surface area contributed by atoms with Gasteiger partial charge in [0.2, 0.25) is 0 Å². The van der Waals surface area contributed by atoms with Gasteiger partial charge in [0.05, 0.1) is 5.56 Å². The molecule has 1 aliphatic carbocycles. The molecule has 0 amide bonds. The average Bonchev–Trinajstić information content (AvgIpc) is 2.82. The molecule has 1 aromatic rings. The fourth-order valence-corrected chi connectivity index (χ4v) is 1.60. The molecule has 0 unspecified atom stereocenters. The van der Waals surface area contributed by atoms with Gasteiger partial charge < -0.3 is 0 Å². The van der Waals surface area contributed by atoms with E-state index in [1.165, 1.54) is 6.07 Å². The zero-order valence-electron chi connectivity index (χ0n) is 8.16. The molecule has 0 heterocycles. The summed E-state index contributed by atoms with van der Waals surface area (Å²) in [5, 5.41) is 0. The summed E-state index contributed by atoms with van der Waals surface area (Å²) in [6, 6.07) is 3.21. The summed E-state index contributed by atoms with van der Waals surface area (Å²) in [6.45, 7) is 1.93. The van der Waals surface area contributed by atoms with E-state index in [0.29, 0.717) is 5.56 Å².